The molecule has 1 heterocycles. The first-order chi connectivity index (χ1) is 9.65. The van der Waals surface area contributed by atoms with Gasteiger partial charge in [-0.15, -0.1) is 11.6 Å². The summed E-state index contributed by atoms with van der Waals surface area (Å²) in [6, 6.07) is 5.49. The largest absolute Gasteiger partial charge is 0.355 e. The zero-order chi connectivity index (χ0) is 14.5. The molecule has 6 heteroatoms. The number of nitrogens with one attached hydrogen (secondary N) is 1. The number of hydrogen-bond donors (Lipinski definition) is 1. The molecule has 0 saturated carbocycles. The summed E-state index contributed by atoms with van der Waals surface area (Å²) in [4.78, 5) is 16.4. The topological polar surface area (TPSA) is 46.9 Å². The van der Waals surface area contributed by atoms with Crippen LogP contribution in [0.25, 0.3) is 11.0 Å². The van der Waals surface area contributed by atoms with Gasteiger partial charge in [0.05, 0.1) is 11.0 Å². The standard InChI is InChI=1S/C14H17Cl2N3O/c1-2-7-17-14(20)9-19-12-4-3-10(16)8-11(12)18-13(19)5-6-15/h3-4,8H,2,5-7,9H2,1H3,(H,17,20). The van der Waals surface area contributed by atoms with Crippen molar-refractivity contribution in [1.29, 1.82) is 0 Å². The van der Waals surface area contributed by atoms with Crippen LogP contribution >= 0.6 is 23.2 Å². The first-order valence-electron chi connectivity index (χ1n) is 6.63. The van der Waals surface area contributed by atoms with Gasteiger partial charge in [-0.3, -0.25) is 4.79 Å². The van der Waals surface area contributed by atoms with E-state index in [4.69, 9.17) is 23.2 Å². The van der Waals surface area contributed by atoms with E-state index < -0.39 is 0 Å². The van der Waals surface area contributed by atoms with Crippen molar-refractivity contribution in [1.82, 2.24) is 14.9 Å². The number of aromatic nitrogens is 2. The number of benzene rings is 1. The van der Waals surface area contributed by atoms with Crippen LogP contribution in [0.4, 0.5) is 0 Å². The number of carbonyl (C=O) groups excluding carboxylic acids is 1. The number of aryl methyl sites for hydroxylation is 1. The highest BCUT2D eigenvalue weighted by molar-refractivity contribution is 6.31. The van der Waals surface area contributed by atoms with Gasteiger partial charge < -0.3 is 9.88 Å². The van der Waals surface area contributed by atoms with E-state index in [9.17, 15) is 4.79 Å². The Kier molecular flexibility index (Phi) is 5.26. The van der Waals surface area contributed by atoms with Gasteiger partial charge in [0.1, 0.15) is 12.4 Å². The van der Waals surface area contributed by atoms with E-state index in [0.29, 0.717) is 23.9 Å². The van der Waals surface area contributed by atoms with Crippen molar-refractivity contribution in [2.75, 3.05) is 12.4 Å². The third kappa shape index (κ3) is 3.44. The van der Waals surface area contributed by atoms with Gasteiger partial charge in [-0.05, 0) is 24.6 Å². The van der Waals surface area contributed by atoms with E-state index in [1.807, 2.05) is 17.6 Å². The van der Waals surface area contributed by atoms with Crippen LogP contribution in [0.2, 0.25) is 5.02 Å². The summed E-state index contributed by atoms with van der Waals surface area (Å²) in [6.07, 6.45) is 1.54. The SMILES string of the molecule is CCCNC(=O)Cn1c(CCCl)nc2cc(Cl)ccc21. The van der Waals surface area contributed by atoms with Gasteiger partial charge in [0.25, 0.3) is 0 Å². The van der Waals surface area contributed by atoms with Crippen LogP contribution in [-0.2, 0) is 17.8 Å². The maximum atomic E-state index is 11.9. The molecule has 0 fully saturated rings. The Bertz CT molecular complexity index is 610. The summed E-state index contributed by atoms with van der Waals surface area (Å²) >= 11 is 11.8. The highest BCUT2D eigenvalue weighted by atomic mass is 35.5. The lowest BCUT2D eigenvalue weighted by molar-refractivity contribution is -0.121. The van der Waals surface area contributed by atoms with E-state index in [1.54, 1.807) is 12.1 Å². The predicted molar refractivity (Wildman–Crippen MR) is 82.5 cm³/mol. The lowest BCUT2D eigenvalue weighted by atomic mass is 10.3. The van der Waals surface area contributed by atoms with Crippen molar-refractivity contribution in [2.45, 2.75) is 26.3 Å². The number of amides is 1. The minimum atomic E-state index is -0.0167. The second kappa shape index (κ2) is 6.95. The van der Waals surface area contributed by atoms with Crippen LogP contribution in [0, 0.1) is 0 Å². The van der Waals surface area contributed by atoms with Gasteiger partial charge in [0.2, 0.25) is 5.91 Å². The number of hydrogen-bond acceptors (Lipinski definition) is 2. The number of imidazole rings is 1. The molecule has 20 heavy (non-hydrogen) atoms. The molecule has 0 radical (unpaired) electrons. The van der Waals surface area contributed by atoms with Crippen LogP contribution in [-0.4, -0.2) is 27.9 Å². The summed E-state index contributed by atoms with van der Waals surface area (Å²) in [5, 5.41) is 3.50. The second-order valence-electron chi connectivity index (χ2n) is 4.54. The molecular formula is C14H17Cl2N3O. The fraction of sp³-hybridized carbons (Fsp3) is 0.429. The number of halogens is 2. The lowest BCUT2D eigenvalue weighted by Crippen LogP contribution is -2.28. The van der Waals surface area contributed by atoms with Crippen molar-refractivity contribution in [3.63, 3.8) is 0 Å². The number of carbonyl (C=O) groups is 1. The molecule has 0 unspecified atom stereocenters. The monoisotopic (exact) mass is 313 g/mol. The van der Waals surface area contributed by atoms with Crippen molar-refractivity contribution < 1.29 is 4.79 Å². The molecule has 1 N–H and O–H groups in total. The number of fused-ring (bicyclic) bond motifs is 1. The van der Waals surface area contributed by atoms with Crippen LogP contribution < -0.4 is 5.32 Å². The van der Waals surface area contributed by atoms with E-state index in [0.717, 1.165) is 23.3 Å². The average molecular weight is 314 g/mol. The molecule has 0 aliphatic rings. The molecule has 2 rings (SSSR count). The molecule has 1 aromatic heterocycles. The van der Waals surface area contributed by atoms with Crippen molar-refractivity contribution in [3.05, 3.63) is 29.0 Å². The van der Waals surface area contributed by atoms with Gasteiger partial charge in [0, 0.05) is 23.9 Å². The second-order valence-corrected chi connectivity index (χ2v) is 5.35. The van der Waals surface area contributed by atoms with Gasteiger partial charge >= 0.3 is 0 Å². The minimum absolute atomic E-state index is 0.0167. The molecule has 108 valence electrons. The molecule has 0 aliphatic heterocycles. The number of nitrogens with zero attached hydrogens (tertiary/aromatic N) is 2. The first kappa shape index (κ1) is 15.1. The maximum Gasteiger partial charge on any atom is 0.240 e. The Morgan fingerprint density at radius 1 is 1.45 bits per heavy atom. The fourth-order valence-electron chi connectivity index (χ4n) is 2.07. The van der Waals surface area contributed by atoms with Crippen LogP contribution in [0.15, 0.2) is 18.2 Å². The normalized spacial score (nSPS) is 10.9. The zero-order valence-electron chi connectivity index (χ0n) is 11.3. The van der Waals surface area contributed by atoms with Crippen molar-refractivity contribution >= 4 is 40.1 Å². The molecule has 0 atom stereocenters. The quantitative estimate of drug-likeness (QED) is 0.833. The molecule has 0 aliphatic carbocycles. The van der Waals surface area contributed by atoms with Crippen LogP contribution in [0.5, 0.6) is 0 Å². The van der Waals surface area contributed by atoms with E-state index in [-0.39, 0.29) is 12.5 Å². The van der Waals surface area contributed by atoms with E-state index >= 15 is 0 Å². The zero-order valence-corrected chi connectivity index (χ0v) is 12.8. The lowest BCUT2D eigenvalue weighted by Gasteiger charge is -2.09. The minimum Gasteiger partial charge on any atom is -0.355 e. The van der Waals surface area contributed by atoms with E-state index in [2.05, 4.69) is 10.3 Å². The van der Waals surface area contributed by atoms with Gasteiger partial charge in [-0.25, -0.2) is 4.98 Å². The van der Waals surface area contributed by atoms with Crippen LogP contribution in [0.1, 0.15) is 19.2 Å². The molecule has 0 saturated heterocycles. The first-order valence-corrected chi connectivity index (χ1v) is 7.54. The fourth-order valence-corrected chi connectivity index (χ4v) is 2.40. The smallest absolute Gasteiger partial charge is 0.240 e. The Morgan fingerprint density at radius 3 is 2.95 bits per heavy atom. The highest BCUT2D eigenvalue weighted by Crippen LogP contribution is 2.21. The third-order valence-electron chi connectivity index (χ3n) is 2.98. The molecule has 1 aromatic carbocycles. The predicted octanol–water partition coefficient (Wildman–Crippen LogP) is 3.00. The molecule has 1 amide bonds. The summed E-state index contributed by atoms with van der Waals surface area (Å²) in [6.45, 7) is 2.96. The highest BCUT2D eigenvalue weighted by Gasteiger charge is 2.13. The third-order valence-corrected chi connectivity index (χ3v) is 3.41. The van der Waals surface area contributed by atoms with Gasteiger partial charge in [-0.2, -0.15) is 0 Å². The Labute approximate surface area is 128 Å². The van der Waals surface area contributed by atoms with Gasteiger partial charge in [-0.1, -0.05) is 18.5 Å². The molecular weight excluding hydrogens is 297 g/mol. The molecule has 0 spiro atoms. The maximum absolute atomic E-state index is 11.9. The number of rotatable bonds is 6. The van der Waals surface area contributed by atoms with Crippen LogP contribution in [0.3, 0.4) is 0 Å². The average Bonchev–Trinajstić information content (AvgIpc) is 2.74. The van der Waals surface area contributed by atoms with Gasteiger partial charge in [0.15, 0.2) is 0 Å². The Morgan fingerprint density at radius 2 is 2.25 bits per heavy atom. The molecule has 2 aromatic rings. The number of alkyl halides is 1. The summed E-state index contributed by atoms with van der Waals surface area (Å²) in [7, 11) is 0. The summed E-state index contributed by atoms with van der Waals surface area (Å²) < 4.78 is 1.90. The Hall–Kier alpha value is -1.26. The van der Waals surface area contributed by atoms with Crippen molar-refractivity contribution in [3.8, 4) is 0 Å². The molecule has 4 nitrogen and oxygen atoms in total. The van der Waals surface area contributed by atoms with E-state index in [1.165, 1.54) is 0 Å². The molecule has 0 bridgehead atoms. The Balaban J connectivity index is 2.33. The summed E-state index contributed by atoms with van der Waals surface area (Å²) in [5.41, 5.74) is 1.70. The van der Waals surface area contributed by atoms with Crippen molar-refractivity contribution in [2.24, 2.45) is 0 Å². The summed E-state index contributed by atoms with van der Waals surface area (Å²) in [5.74, 6) is 1.26.